The second-order valence-corrected chi connectivity index (χ2v) is 10.1. The third-order valence-corrected chi connectivity index (χ3v) is 8.35. The normalized spacial score (nSPS) is 23.1. The molecule has 156 valence electrons. The second-order valence-electron chi connectivity index (χ2n) is 6.88. The van der Waals surface area contributed by atoms with E-state index in [1.165, 1.54) is 40.2 Å². The van der Waals surface area contributed by atoms with Gasteiger partial charge in [-0.25, -0.2) is 4.79 Å². The number of thioether (sulfide) groups is 3. The molecule has 2 N–H and O–H groups in total. The molecule has 4 rings (SSSR count). The molecule has 0 spiro atoms. The van der Waals surface area contributed by atoms with E-state index in [9.17, 15) is 24.3 Å². The van der Waals surface area contributed by atoms with Crippen LogP contribution in [0.1, 0.15) is 5.56 Å². The van der Waals surface area contributed by atoms with Crippen LogP contribution in [-0.4, -0.2) is 61.6 Å². The molecule has 0 aromatic heterocycles. The van der Waals surface area contributed by atoms with Gasteiger partial charge in [-0.05, 0) is 16.0 Å². The molecule has 3 aliphatic rings. The molecule has 2 atom stereocenters. The molecule has 10 heteroatoms. The van der Waals surface area contributed by atoms with E-state index in [0.29, 0.717) is 22.8 Å². The Kier molecular flexibility index (Phi) is 6.26. The summed E-state index contributed by atoms with van der Waals surface area (Å²) in [6.45, 7) is 0. The van der Waals surface area contributed by atoms with Crippen LogP contribution in [0.25, 0.3) is 0 Å². The molecule has 3 heterocycles. The number of hydrogen-bond donors (Lipinski definition) is 2. The summed E-state index contributed by atoms with van der Waals surface area (Å²) in [5, 5.41) is 12.1. The van der Waals surface area contributed by atoms with E-state index < -0.39 is 23.3 Å². The second kappa shape index (κ2) is 8.91. The zero-order valence-corrected chi connectivity index (χ0v) is 18.1. The number of aliphatic carboxylic acids is 1. The van der Waals surface area contributed by atoms with Crippen molar-refractivity contribution in [1.82, 2.24) is 10.2 Å². The van der Waals surface area contributed by atoms with Gasteiger partial charge in [0.1, 0.15) is 17.1 Å². The number of fused-ring (bicyclic) bond motifs is 1. The molecule has 0 aliphatic carbocycles. The number of benzene rings is 1. The number of amides is 2. The third-order valence-electron chi connectivity index (χ3n) is 4.84. The van der Waals surface area contributed by atoms with E-state index in [1.807, 2.05) is 30.3 Å². The van der Waals surface area contributed by atoms with Gasteiger partial charge in [0.25, 0.3) is 5.91 Å². The van der Waals surface area contributed by atoms with Crippen molar-refractivity contribution in [2.75, 3.05) is 17.3 Å². The first kappa shape index (κ1) is 21.1. The maximum Gasteiger partial charge on any atom is 0.352 e. The molecule has 0 saturated carbocycles. The van der Waals surface area contributed by atoms with E-state index in [0.717, 1.165) is 10.5 Å². The predicted octanol–water partition coefficient (Wildman–Crippen LogP) is 1.86. The maximum absolute atomic E-state index is 12.7. The lowest BCUT2D eigenvalue weighted by Crippen LogP contribution is -2.70. The number of carboxylic acid groups (broad SMARTS) is 1. The van der Waals surface area contributed by atoms with Gasteiger partial charge in [-0.2, -0.15) is 0 Å². The van der Waals surface area contributed by atoms with Crippen LogP contribution < -0.4 is 5.32 Å². The number of carboxylic acids is 1. The first-order valence-corrected chi connectivity index (χ1v) is 12.2. The summed E-state index contributed by atoms with van der Waals surface area (Å²) in [6.07, 6.45) is 1.74. The minimum Gasteiger partial charge on any atom is -0.477 e. The highest BCUT2D eigenvalue weighted by atomic mass is 32.2. The number of β-lactam (4-membered cyclic amide) rings is 1. The quantitative estimate of drug-likeness (QED) is 0.592. The van der Waals surface area contributed by atoms with Gasteiger partial charge in [-0.1, -0.05) is 42.1 Å². The standard InChI is InChI=1S/C20H18N2O5S3/c23-14(6-11-4-2-1-3-5-11)21-16-18(25)22-17(20(26)27)12(9-30-19(16)22)8-28-13-7-15(24)29-10-13/h1-5,7,16,19H,6,8-10H2,(H,21,23)(H,26,27)/t16-,19-/m1/s1. The maximum atomic E-state index is 12.7. The first-order valence-electron chi connectivity index (χ1n) is 9.17. The van der Waals surface area contributed by atoms with Gasteiger partial charge >= 0.3 is 5.97 Å². The smallest absolute Gasteiger partial charge is 0.352 e. The summed E-state index contributed by atoms with van der Waals surface area (Å²) < 4.78 is 0. The molecule has 0 unspecified atom stereocenters. The van der Waals surface area contributed by atoms with Crippen LogP contribution in [0.5, 0.6) is 0 Å². The summed E-state index contributed by atoms with van der Waals surface area (Å²) in [5.41, 5.74) is 1.50. The Hall–Kier alpha value is -2.17. The molecule has 1 saturated heterocycles. The number of carbonyl (C=O) groups is 4. The Bertz CT molecular complexity index is 976. The van der Waals surface area contributed by atoms with Gasteiger partial charge in [-0.15, -0.1) is 23.5 Å². The number of nitrogens with zero attached hydrogens (tertiary/aromatic N) is 1. The van der Waals surface area contributed by atoms with Crippen molar-refractivity contribution >= 4 is 58.2 Å². The molecule has 3 aliphatic heterocycles. The largest absolute Gasteiger partial charge is 0.477 e. The Balaban J connectivity index is 1.42. The van der Waals surface area contributed by atoms with Gasteiger partial charge < -0.3 is 10.4 Å². The topological polar surface area (TPSA) is 104 Å². The molecule has 1 fully saturated rings. The average Bonchev–Trinajstić information content (AvgIpc) is 3.15. The summed E-state index contributed by atoms with van der Waals surface area (Å²) in [7, 11) is 0. The van der Waals surface area contributed by atoms with E-state index in [2.05, 4.69) is 5.32 Å². The van der Waals surface area contributed by atoms with E-state index >= 15 is 0 Å². The number of rotatable bonds is 7. The molecular weight excluding hydrogens is 444 g/mol. The molecule has 0 radical (unpaired) electrons. The van der Waals surface area contributed by atoms with Gasteiger partial charge in [0.05, 0.1) is 6.42 Å². The molecule has 30 heavy (non-hydrogen) atoms. The number of hydrogen-bond acceptors (Lipinski definition) is 7. The number of carbonyl (C=O) groups excluding carboxylic acids is 3. The van der Waals surface area contributed by atoms with E-state index in [1.54, 1.807) is 6.08 Å². The van der Waals surface area contributed by atoms with Crippen LogP contribution in [0.2, 0.25) is 0 Å². The fourth-order valence-corrected chi connectivity index (χ4v) is 6.86. The van der Waals surface area contributed by atoms with Gasteiger partial charge in [0.2, 0.25) is 11.0 Å². The van der Waals surface area contributed by atoms with Crippen LogP contribution >= 0.6 is 35.3 Å². The Labute approximate surface area is 185 Å². The molecule has 0 bridgehead atoms. The zero-order chi connectivity index (χ0) is 21.3. The molecule has 2 amide bonds. The third kappa shape index (κ3) is 4.30. The molecule has 7 nitrogen and oxygen atoms in total. The lowest BCUT2D eigenvalue weighted by Gasteiger charge is -2.49. The Morgan fingerprint density at radius 3 is 2.63 bits per heavy atom. The molecule has 1 aromatic rings. The fraction of sp³-hybridized carbons (Fsp3) is 0.300. The fourth-order valence-electron chi connectivity index (χ4n) is 3.42. The summed E-state index contributed by atoms with van der Waals surface area (Å²) in [5.74, 6) is -0.341. The summed E-state index contributed by atoms with van der Waals surface area (Å²) in [6, 6.07) is 8.51. The van der Waals surface area contributed by atoms with E-state index in [4.69, 9.17) is 0 Å². The van der Waals surface area contributed by atoms with Crippen LogP contribution in [0.3, 0.4) is 0 Å². The Morgan fingerprint density at radius 1 is 1.20 bits per heavy atom. The van der Waals surface area contributed by atoms with Crippen molar-refractivity contribution < 1.29 is 24.3 Å². The lowest BCUT2D eigenvalue weighted by atomic mass is 10.0. The van der Waals surface area contributed by atoms with Crippen LogP contribution in [0.15, 0.2) is 52.6 Å². The zero-order valence-electron chi connectivity index (χ0n) is 15.7. The summed E-state index contributed by atoms with van der Waals surface area (Å²) in [4.78, 5) is 50.4. The van der Waals surface area contributed by atoms with Gasteiger partial charge in [0.15, 0.2) is 0 Å². The van der Waals surface area contributed by atoms with Crippen molar-refractivity contribution in [2.45, 2.75) is 17.8 Å². The van der Waals surface area contributed by atoms with Crippen molar-refractivity contribution in [1.29, 1.82) is 0 Å². The van der Waals surface area contributed by atoms with Crippen molar-refractivity contribution in [3.63, 3.8) is 0 Å². The lowest BCUT2D eigenvalue weighted by molar-refractivity contribution is -0.150. The average molecular weight is 463 g/mol. The highest BCUT2D eigenvalue weighted by molar-refractivity contribution is 8.16. The van der Waals surface area contributed by atoms with Crippen molar-refractivity contribution in [2.24, 2.45) is 0 Å². The van der Waals surface area contributed by atoms with Crippen molar-refractivity contribution in [3.05, 3.63) is 58.1 Å². The van der Waals surface area contributed by atoms with Gasteiger partial charge in [-0.3, -0.25) is 19.3 Å². The number of nitrogens with one attached hydrogen (secondary N) is 1. The molecule has 1 aromatic carbocycles. The summed E-state index contributed by atoms with van der Waals surface area (Å²) >= 11 is 4.11. The van der Waals surface area contributed by atoms with Crippen LogP contribution in [0, 0.1) is 0 Å². The highest BCUT2D eigenvalue weighted by Gasteiger charge is 2.54. The van der Waals surface area contributed by atoms with Gasteiger partial charge in [0, 0.05) is 23.3 Å². The monoisotopic (exact) mass is 462 g/mol. The minimum absolute atomic E-state index is 0.00221. The van der Waals surface area contributed by atoms with Crippen LogP contribution in [0.4, 0.5) is 0 Å². The predicted molar refractivity (Wildman–Crippen MR) is 118 cm³/mol. The minimum atomic E-state index is -1.15. The Morgan fingerprint density at radius 2 is 1.97 bits per heavy atom. The SMILES string of the molecule is O=C(Cc1ccccc1)N[C@@H]1C(=O)N2C(C(=O)O)=C(CSC3=CC(=O)SC3)CS[C@H]12. The van der Waals surface area contributed by atoms with Crippen molar-refractivity contribution in [3.8, 4) is 0 Å². The van der Waals surface area contributed by atoms with E-state index in [-0.39, 0.29) is 23.1 Å². The first-order chi connectivity index (χ1) is 14.4. The molecular formula is C20H18N2O5S3. The highest BCUT2D eigenvalue weighted by Crippen LogP contribution is 2.42. The van der Waals surface area contributed by atoms with Crippen LogP contribution in [-0.2, 0) is 25.6 Å².